The molecule has 0 radical (unpaired) electrons. The molecule has 2 unspecified atom stereocenters. The van der Waals surface area contributed by atoms with Crippen molar-refractivity contribution in [2.75, 3.05) is 0 Å². The van der Waals surface area contributed by atoms with Crippen LogP contribution in [0.15, 0.2) is 0 Å². The van der Waals surface area contributed by atoms with Crippen LogP contribution in [0.2, 0.25) is 0 Å². The maximum Gasteiger partial charge on any atom is 0.237 e. The molecule has 0 aromatic carbocycles. The molecule has 3 N–H and O–H groups in total. The third kappa shape index (κ3) is 4.61. The Balaban J connectivity index is 4.01. The molecule has 0 fully saturated rings. The van der Waals surface area contributed by atoms with E-state index in [1.807, 2.05) is 6.92 Å². The van der Waals surface area contributed by atoms with Crippen LogP contribution in [0.1, 0.15) is 47.0 Å². The van der Waals surface area contributed by atoms with Crippen LogP contribution in [-0.4, -0.2) is 18.0 Å². The fourth-order valence-corrected chi connectivity index (χ4v) is 1.47. The summed E-state index contributed by atoms with van der Waals surface area (Å²) in [7, 11) is 0. The van der Waals surface area contributed by atoms with Gasteiger partial charge in [0.25, 0.3) is 0 Å². The minimum absolute atomic E-state index is 0.00704. The molecule has 3 nitrogen and oxygen atoms in total. The lowest BCUT2D eigenvalue weighted by Gasteiger charge is -2.22. The van der Waals surface area contributed by atoms with E-state index in [2.05, 4.69) is 26.1 Å². The number of carbonyl (C=O) groups is 1. The van der Waals surface area contributed by atoms with Crippen LogP contribution in [0.4, 0.5) is 0 Å². The predicted octanol–water partition coefficient (Wildman–Crippen LogP) is 1.66. The fourth-order valence-electron chi connectivity index (χ4n) is 1.47. The number of carbonyl (C=O) groups excluding carboxylic acids is 1. The zero-order valence-electron chi connectivity index (χ0n) is 9.84. The van der Waals surface area contributed by atoms with Crippen molar-refractivity contribution in [3.63, 3.8) is 0 Å². The van der Waals surface area contributed by atoms with Crippen molar-refractivity contribution in [2.45, 2.75) is 59.0 Å². The summed E-state index contributed by atoms with van der Waals surface area (Å²) >= 11 is 0. The first-order valence-corrected chi connectivity index (χ1v) is 5.58. The van der Waals surface area contributed by atoms with Gasteiger partial charge in [0, 0.05) is 6.04 Å². The van der Waals surface area contributed by atoms with Crippen molar-refractivity contribution in [1.82, 2.24) is 5.32 Å². The highest BCUT2D eigenvalue weighted by Crippen LogP contribution is 2.06. The summed E-state index contributed by atoms with van der Waals surface area (Å²) in [5.74, 6) is 0.463. The molecule has 0 aromatic heterocycles. The number of hydrogen-bond donors (Lipinski definition) is 2. The van der Waals surface area contributed by atoms with E-state index in [-0.39, 0.29) is 18.0 Å². The average molecular weight is 200 g/mol. The van der Waals surface area contributed by atoms with Crippen LogP contribution in [0.5, 0.6) is 0 Å². The van der Waals surface area contributed by atoms with Gasteiger partial charge < -0.3 is 11.1 Å². The third-order valence-corrected chi connectivity index (χ3v) is 2.51. The van der Waals surface area contributed by atoms with Crippen molar-refractivity contribution < 1.29 is 4.79 Å². The smallest absolute Gasteiger partial charge is 0.237 e. The quantitative estimate of drug-likeness (QED) is 0.685. The van der Waals surface area contributed by atoms with Gasteiger partial charge in [0.05, 0.1) is 6.04 Å². The van der Waals surface area contributed by atoms with Crippen molar-refractivity contribution in [2.24, 2.45) is 11.7 Å². The molecular weight excluding hydrogens is 176 g/mol. The van der Waals surface area contributed by atoms with Crippen LogP contribution in [0.3, 0.4) is 0 Å². The highest BCUT2D eigenvalue weighted by molar-refractivity contribution is 5.81. The first-order valence-electron chi connectivity index (χ1n) is 5.58. The number of nitrogens with one attached hydrogen (secondary N) is 1. The third-order valence-electron chi connectivity index (χ3n) is 2.51. The van der Waals surface area contributed by atoms with Crippen molar-refractivity contribution >= 4 is 5.91 Å². The minimum Gasteiger partial charge on any atom is -0.352 e. The van der Waals surface area contributed by atoms with Gasteiger partial charge in [0.2, 0.25) is 5.91 Å². The lowest BCUT2D eigenvalue weighted by atomic mass is 10.0. The summed E-state index contributed by atoms with van der Waals surface area (Å²) in [6.07, 6.45) is 2.68. The molecule has 0 heterocycles. The van der Waals surface area contributed by atoms with Crippen molar-refractivity contribution in [3.8, 4) is 0 Å². The summed E-state index contributed by atoms with van der Waals surface area (Å²) in [4.78, 5) is 11.6. The molecule has 2 atom stereocenters. The van der Waals surface area contributed by atoms with E-state index in [1.165, 1.54) is 0 Å². The molecule has 0 rings (SSSR count). The number of nitrogens with two attached hydrogens (primary N) is 1. The summed E-state index contributed by atoms with van der Waals surface area (Å²) in [6, 6.07) is -0.0850. The van der Waals surface area contributed by atoms with Crippen LogP contribution < -0.4 is 11.1 Å². The first kappa shape index (κ1) is 13.4. The molecule has 0 bridgehead atoms. The molecule has 1 amide bonds. The Bertz CT molecular complexity index is 169. The van der Waals surface area contributed by atoms with E-state index in [0.29, 0.717) is 5.92 Å². The molecule has 0 aromatic rings. The molecule has 0 spiro atoms. The molecule has 0 aliphatic rings. The lowest BCUT2D eigenvalue weighted by molar-refractivity contribution is -0.123. The van der Waals surface area contributed by atoms with Gasteiger partial charge in [-0.1, -0.05) is 34.1 Å². The maximum absolute atomic E-state index is 11.6. The van der Waals surface area contributed by atoms with Gasteiger partial charge in [-0.3, -0.25) is 4.79 Å². The van der Waals surface area contributed by atoms with Crippen molar-refractivity contribution in [3.05, 3.63) is 0 Å². The van der Waals surface area contributed by atoms with E-state index in [4.69, 9.17) is 5.73 Å². The summed E-state index contributed by atoms with van der Waals surface area (Å²) in [5, 5.41) is 2.99. The van der Waals surface area contributed by atoms with E-state index in [9.17, 15) is 4.79 Å². The first-order chi connectivity index (χ1) is 6.52. The van der Waals surface area contributed by atoms with Crippen LogP contribution >= 0.6 is 0 Å². The fraction of sp³-hybridized carbons (Fsp3) is 0.909. The van der Waals surface area contributed by atoms with E-state index >= 15 is 0 Å². The normalized spacial score (nSPS) is 15.3. The SMILES string of the molecule is CCCC(N)C(=O)NC(CC)C(C)C. The summed E-state index contributed by atoms with van der Waals surface area (Å²) < 4.78 is 0. The Hall–Kier alpha value is -0.570. The van der Waals surface area contributed by atoms with E-state index < -0.39 is 0 Å². The Morgan fingerprint density at radius 2 is 1.93 bits per heavy atom. The number of amides is 1. The number of rotatable bonds is 6. The lowest BCUT2D eigenvalue weighted by Crippen LogP contribution is -2.46. The van der Waals surface area contributed by atoms with E-state index in [0.717, 1.165) is 19.3 Å². The topological polar surface area (TPSA) is 55.1 Å². The van der Waals surface area contributed by atoms with Gasteiger partial charge in [-0.2, -0.15) is 0 Å². The molecule has 14 heavy (non-hydrogen) atoms. The van der Waals surface area contributed by atoms with Crippen molar-refractivity contribution in [1.29, 1.82) is 0 Å². The second-order valence-electron chi connectivity index (χ2n) is 4.16. The highest BCUT2D eigenvalue weighted by atomic mass is 16.2. The second-order valence-corrected chi connectivity index (χ2v) is 4.16. The molecule has 0 aliphatic heterocycles. The Labute approximate surface area is 87.4 Å². The largest absolute Gasteiger partial charge is 0.352 e. The Kier molecular flexibility index (Phi) is 6.54. The summed E-state index contributed by atoms with van der Waals surface area (Å²) in [5.41, 5.74) is 5.72. The Morgan fingerprint density at radius 1 is 1.36 bits per heavy atom. The molecule has 0 saturated carbocycles. The highest BCUT2D eigenvalue weighted by Gasteiger charge is 2.18. The second kappa shape index (κ2) is 6.82. The standard InChI is InChI=1S/C11H24N2O/c1-5-7-9(12)11(14)13-10(6-2)8(3)4/h8-10H,5-7,12H2,1-4H3,(H,13,14). The van der Waals surface area contributed by atoms with Crippen LogP contribution in [0, 0.1) is 5.92 Å². The van der Waals surface area contributed by atoms with Gasteiger partial charge in [-0.25, -0.2) is 0 Å². The molecule has 3 heteroatoms. The maximum atomic E-state index is 11.6. The van der Waals surface area contributed by atoms with Crippen LogP contribution in [-0.2, 0) is 4.79 Å². The predicted molar refractivity (Wildman–Crippen MR) is 59.9 cm³/mol. The monoisotopic (exact) mass is 200 g/mol. The zero-order valence-corrected chi connectivity index (χ0v) is 9.84. The molecule has 0 aliphatic carbocycles. The Morgan fingerprint density at radius 3 is 2.29 bits per heavy atom. The van der Waals surface area contributed by atoms with E-state index in [1.54, 1.807) is 0 Å². The average Bonchev–Trinajstić information content (AvgIpc) is 2.13. The van der Waals surface area contributed by atoms with Gasteiger partial charge in [-0.05, 0) is 18.8 Å². The molecule has 84 valence electrons. The van der Waals surface area contributed by atoms with Crippen LogP contribution in [0.25, 0.3) is 0 Å². The summed E-state index contributed by atoms with van der Waals surface area (Å²) in [6.45, 7) is 8.34. The molecular formula is C11H24N2O. The zero-order chi connectivity index (χ0) is 11.1. The van der Waals surface area contributed by atoms with Gasteiger partial charge in [0.1, 0.15) is 0 Å². The number of hydrogen-bond acceptors (Lipinski definition) is 2. The van der Waals surface area contributed by atoms with Gasteiger partial charge in [-0.15, -0.1) is 0 Å². The minimum atomic E-state index is -0.340. The molecule has 0 saturated heterocycles. The van der Waals surface area contributed by atoms with Gasteiger partial charge in [0.15, 0.2) is 0 Å². The van der Waals surface area contributed by atoms with Gasteiger partial charge >= 0.3 is 0 Å².